The van der Waals surface area contributed by atoms with Crippen LogP contribution in [0.5, 0.6) is 0 Å². The first kappa shape index (κ1) is 13.5. The van der Waals surface area contributed by atoms with Crippen LogP contribution in [0.15, 0.2) is 48.5 Å². The van der Waals surface area contributed by atoms with Crippen LogP contribution < -0.4 is 5.73 Å². The second-order valence-corrected chi connectivity index (χ2v) is 5.04. The van der Waals surface area contributed by atoms with Gasteiger partial charge in [0.25, 0.3) is 0 Å². The Morgan fingerprint density at radius 1 is 1.05 bits per heavy atom. The molecule has 2 nitrogen and oxygen atoms in total. The van der Waals surface area contributed by atoms with Crippen molar-refractivity contribution in [2.45, 2.75) is 26.3 Å². The SMILES string of the molecule is Cc1cc(C)cc(C(=O)C(N)Cc2ccccc2)c1. The van der Waals surface area contributed by atoms with Crippen LogP contribution in [0.1, 0.15) is 27.0 Å². The predicted molar refractivity (Wildman–Crippen MR) is 78.4 cm³/mol. The largest absolute Gasteiger partial charge is 0.321 e. The summed E-state index contributed by atoms with van der Waals surface area (Å²) in [5, 5.41) is 0. The molecule has 2 aromatic carbocycles. The summed E-state index contributed by atoms with van der Waals surface area (Å²) in [6, 6.07) is 15.2. The highest BCUT2D eigenvalue weighted by molar-refractivity contribution is 6.00. The average molecular weight is 253 g/mol. The number of hydrogen-bond donors (Lipinski definition) is 1. The number of nitrogens with two attached hydrogens (primary N) is 1. The third-order valence-electron chi connectivity index (χ3n) is 3.14. The Labute approximate surface area is 114 Å². The van der Waals surface area contributed by atoms with Crippen LogP contribution in [-0.2, 0) is 6.42 Å². The number of ketones is 1. The van der Waals surface area contributed by atoms with Crippen LogP contribution in [0.2, 0.25) is 0 Å². The van der Waals surface area contributed by atoms with Gasteiger partial charge in [-0.3, -0.25) is 4.79 Å². The second kappa shape index (κ2) is 5.81. The third kappa shape index (κ3) is 3.52. The first-order chi connectivity index (χ1) is 9.06. The summed E-state index contributed by atoms with van der Waals surface area (Å²) in [4.78, 5) is 12.3. The summed E-state index contributed by atoms with van der Waals surface area (Å²) in [5.74, 6) is 0.00986. The number of Topliss-reactive ketones (excluding diaryl/α,β-unsaturated/α-hetero) is 1. The van der Waals surface area contributed by atoms with Crippen molar-refractivity contribution in [2.75, 3.05) is 0 Å². The third-order valence-corrected chi connectivity index (χ3v) is 3.14. The maximum atomic E-state index is 12.3. The second-order valence-electron chi connectivity index (χ2n) is 5.04. The Kier molecular flexibility index (Phi) is 4.13. The van der Waals surface area contributed by atoms with Crippen LogP contribution in [0.25, 0.3) is 0 Å². The molecule has 1 atom stereocenters. The number of benzene rings is 2. The van der Waals surface area contributed by atoms with Crippen molar-refractivity contribution in [3.05, 3.63) is 70.8 Å². The van der Waals surface area contributed by atoms with E-state index in [0.717, 1.165) is 16.7 Å². The zero-order valence-electron chi connectivity index (χ0n) is 11.4. The molecule has 0 radical (unpaired) electrons. The fourth-order valence-electron chi connectivity index (χ4n) is 2.29. The highest BCUT2D eigenvalue weighted by atomic mass is 16.1. The highest BCUT2D eigenvalue weighted by Crippen LogP contribution is 2.12. The molecule has 2 aromatic rings. The minimum absolute atomic E-state index is 0.00986. The van der Waals surface area contributed by atoms with Crippen LogP contribution in [-0.4, -0.2) is 11.8 Å². The van der Waals surface area contributed by atoms with Gasteiger partial charge < -0.3 is 5.73 Å². The lowest BCUT2D eigenvalue weighted by Crippen LogP contribution is -2.32. The zero-order chi connectivity index (χ0) is 13.8. The molecule has 0 aliphatic rings. The van der Waals surface area contributed by atoms with Crippen LogP contribution in [0.4, 0.5) is 0 Å². The summed E-state index contributed by atoms with van der Waals surface area (Å²) >= 11 is 0. The maximum Gasteiger partial charge on any atom is 0.179 e. The summed E-state index contributed by atoms with van der Waals surface area (Å²) in [7, 11) is 0. The van der Waals surface area contributed by atoms with Crippen molar-refractivity contribution in [3.63, 3.8) is 0 Å². The van der Waals surface area contributed by atoms with Gasteiger partial charge in [-0.1, -0.05) is 47.5 Å². The Morgan fingerprint density at radius 2 is 1.63 bits per heavy atom. The molecule has 0 aliphatic carbocycles. The van der Waals surface area contributed by atoms with Gasteiger partial charge in [-0.2, -0.15) is 0 Å². The molecule has 0 amide bonds. The van der Waals surface area contributed by atoms with E-state index in [1.54, 1.807) is 0 Å². The summed E-state index contributed by atoms with van der Waals surface area (Å²) < 4.78 is 0. The van der Waals surface area contributed by atoms with Crippen molar-refractivity contribution in [1.29, 1.82) is 0 Å². The molecule has 0 saturated heterocycles. The Morgan fingerprint density at radius 3 is 2.21 bits per heavy atom. The highest BCUT2D eigenvalue weighted by Gasteiger charge is 2.16. The van der Waals surface area contributed by atoms with Crippen molar-refractivity contribution in [3.8, 4) is 0 Å². The van der Waals surface area contributed by atoms with E-state index in [4.69, 9.17) is 5.73 Å². The van der Waals surface area contributed by atoms with Crippen LogP contribution in [0.3, 0.4) is 0 Å². The molecule has 0 bridgehead atoms. The number of carbonyl (C=O) groups is 1. The van der Waals surface area contributed by atoms with Gasteiger partial charge in [0.15, 0.2) is 5.78 Å². The number of carbonyl (C=O) groups excluding carboxylic acids is 1. The van der Waals surface area contributed by atoms with Crippen LogP contribution >= 0.6 is 0 Å². The van der Waals surface area contributed by atoms with Gasteiger partial charge >= 0.3 is 0 Å². The number of hydrogen-bond acceptors (Lipinski definition) is 2. The fourth-order valence-corrected chi connectivity index (χ4v) is 2.29. The van der Waals surface area contributed by atoms with Crippen LogP contribution in [0, 0.1) is 13.8 Å². The van der Waals surface area contributed by atoms with E-state index >= 15 is 0 Å². The maximum absolute atomic E-state index is 12.3. The quantitative estimate of drug-likeness (QED) is 0.851. The normalized spacial score (nSPS) is 12.2. The lowest BCUT2D eigenvalue weighted by molar-refractivity contribution is 0.0960. The first-order valence-corrected chi connectivity index (χ1v) is 6.48. The monoisotopic (exact) mass is 253 g/mol. The van der Waals surface area contributed by atoms with E-state index in [0.29, 0.717) is 12.0 Å². The molecule has 2 N–H and O–H groups in total. The molecule has 0 aliphatic heterocycles. The average Bonchev–Trinajstić information content (AvgIpc) is 2.37. The van der Waals surface area contributed by atoms with Gasteiger partial charge in [0, 0.05) is 5.56 Å². The summed E-state index contributed by atoms with van der Waals surface area (Å²) in [5.41, 5.74) is 10.0. The van der Waals surface area contributed by atoms with Gasteiger partial charge in [-0.15, -0.1) is 0 Å². The molecule has 2 rings (SSSR count). The minimum atomic E-state index is -0.483. The lowest BCUT2D eigenvalue weighted by atomic mass is 9.96. The fraction of sp³-hybridized carbons (Fsp3) is 0.235. The Bertz CT molecular complexity index is 555. The molecule has 2 heteroatoms. The molecule has 1 unspecified atom stereocenters. The van der Waals surface area contributed by atoms with Gasteiger partial charge in [-0.25, -0.2) is 0 Å². The topological polar surface area (TPSA) is 43.1 Å². The number of rotatable bonds is 4. The first-order valence-electron chi connectivity index (χ1n) is 6.48. The van der Waals surface area contributed by atoms with Gasteiger partial charge in [0.05, 0.1) is 6.04 Å². The molecule has 19 heavy (non-hydrogen) atoms. The standard InChI is InChI=1S/C17H19NO/c1-12-8-13(2)10-15(9-12)17(19)16(18)11-14-6-4-3-5-7-14/h3-10,16H,11,18H2,1-2H3. The Balaban J connectivity index is 2.15. The van der Waals surface area contributed by atoms with E-state index in [1.165, 1.54) is 0 Å². The number of aryl methyl sites for hydroxylation is 2. The molecular weight excluding hydrogens is 234 g/mol. The van der Waals surface area contributed by atoms with Crippen molar-refractivity contribution < 1.29 is 4.79 Å². The molecule has 0 aromatic heterocycles. The van der Waals surface area contributed by atoms with Gasteiger partial charge in [0.2, 0.25) is 0 Å². The molecule has 98 valence electrons. The van der Waals surface area contributed by atoms with E-state index in [2.05, 4.69) is 6.07 Å². The zero-order valence-corrected chi connectivity index (χ0v) is 11.4. The summed E-state index contributed by atoms with van der Waals surface area (Å²) in [6.45, 7) is 3.99. The smallest absolute Gasteiger partial charge is 0.179 e. The van der Waals surface area contributed by atoms with Crippen molar-refractivity contribution >= 4 is 5.78 Å². The molecule has 0 fully saturated rings. The Hall–Kier alpha value is -1.93. The van der Waals surface area contributed by atoms with E-state index in [-0.39, 0.29) is 5.78 Å². The summed E-state index contributed by atoms with van der Waals surface area (Å²) in [6.07, 6.45) is 0.576. The molecule has 0 spiro atoms. The van der Waals surface area contributed by atoms with E-state index < -0.39 is 6.04 Å². The molecular formula is C17H19NO. The van der Waals surface area contributed by atoms with Gasteiger partial charge in [0.1, 0.15) is 0 Å². The lowest BCUT2D eigenvalue weighted by Gasteiger charge is -2.12. The van der Waals surface area contributed by atoms with E-state index in [9.17, 15) is 4.79 Å². The predicted octanol–water partition coefficient (Wildman–Crippen LogP) is 3.06. The molecule has 0 heterocycles. The minimum Gasteiger partial charge on any atom is -0.321 e. The van der Waals surface area contributed by atoms with E-state index in [1.807, 2.05) is 56.3 Å². The van der Waals surface area contributed by atoms with Crippen molar-refractivity contribution in [1.82, 2.24) is 0 Å². The van der Waals surface area contributed by atoms with Crippen molar-refractivity contribution in [2.24, 2.45) is 5.73 Å². The van der Waals surface area contributed by atoms with Gasteiger partial charge in [-0.05, 0) is 38.0 Å². The molecule has 0 saturated carbocycles.